The van der Waals surface area contributed by atoms with Crippen molar-refractivity contribution in [2.75, 3.05) is 5.32 Å². The van der Waals surface area contributed by atoms with Crippen molar-refractivity contribution in [2.45, 2.75) is 6.54 Å². The lowest BCUT2D eigenvalue weighted by Gasteiger charge is -2.03. The lowest BCUT2D eigenvalue weighted by Crippen LogP contribution is -2.05. The molecule has 0 fully saturated rings. The van der Waals surface area contributed by atoms with Gasteiger partial charge in [0.15, 0.2) is 0 Å². The topological polar surface area (TPSA) is 62.2 Å². The van der Waals surface area contributed by atoms with Crippen LogP contribution in [0.2, 0.25) is 0 Å². The Kier molecular flexibility index (Phi) is 3.16. The van der Waals surface area contributed by atoms with Crippen LogP contribution in [-0.2, 0) is 6.54 Å². The molecule has 0 aliphatic rings. The Bertz CT molecular complexity index is 482. The number of carbonyl (C=O) groups is 1. The van der Waals surface area contributed by atoms with E-state index in [0.717, 1.165) is 5.69 Å². The maximum atomic E-state index is 10.7. The first-order chi connectivity index (χ1) is 7.75. The van der Waals surface area contributed by atoms with Crippen molar-refractivity contribution in [3.05, 3.63) is 46.4 Å². The highest BCUT2D eigenvalue weighted by atomic mass is 32.1. The molecule has 4 nitrogen and oxygen atoms in total. The summed E-state index contributed by atoms with van der Waals surface area (Å²) in [6.45, 7) is 0.526. The zero-order valence-electron chi connectivity index (χ0n) is 8.38. The van der Waals surface area contributed by atoms with E-state index in [0.29, 0.717) is 12.2 Å². The smallest absolute Gasteiger partial charge is 0.354 e. The van der Waals surface area contributed by atoms with Gasteiger partial charge in [0.2, 0.25) is 0 Å². The Labute approximate surface area is 96.6 Å². The molecule has 0 saturated heterocycles. The van der Waals surface area contributed by atoms with Gasteiger partial charge in [-0.25, -0.2) is 9.78 Å². The number of aromatic nitrogens is 1. The number of rotatable bonds is 4. The lowest BCUT2D eigenvalue weighted by atomic mass is 10.3. The number of hydrogen-bond donors (Lipinski definition) is 2. The van der Waals surface area contributed by atoms with E-state index in [-0.39, 0.29) is 5.69 Å². The van der Waals surface area contributed by atoms with E-state index in [1.54, 1.807) is 23.5 Å². The van der Waals surface area contributed by atoms with Gasteiger partial charge in [0, 0.05) is 11.1 Å². The Morgan fingerprint density at radius 1 is 1.44 bits per heavy atom. The number of aromatic carboxylic acids is 1. The van der Waals surface area contributed by atoms with Crippen molar-refractivity contribution in [2.24, 2.45) is 0 Å². The van der Waals surface area contributed by atoms with Crippen LogP contribution in [0.4, 0.5) is 5.69 Å². The molecule has 0 aliphatic carbocycles. The number of anilines is 1. The van der Waals surface area contributed by atoms with Gasteiger partial charge in [-0.1, -0.05) is 6.07 Å². The molecule has 0 unspecified atom stereocenters. The summed E-state index contributed by atoms with van der Waals surface area (Å²) in [6, 6.07) is 6.94. The van der Waals surface area contributed by atoms with Crippen LogP contribution in [0.25, 0.3) is 0 Å². The van der Waals surface area contributed by atoms with Crippen molar-refractivity contribution in [1.29, 1.82) is 0 Å². The first-order valence-corrected chi connectivity index (χ1v) is 5.65. The van der Waals surface area contributed by atoms with Crippen molar-refractivity contribution in [3.8, 4) is 0 Å². The standard InChI is InChI=1S/C11H10N2O2S/c14-11(15)10-3-1-2-8(13-10)6-12-9-4-5-16-7-9/h1-5,7,12H,6H2,(H,14,15). The second-order valence-electron chi connectivity index (χ2n) is 3.18. The number of nitrogens with zero attached hydrogens (tertiary/aromatic N) is 1. The first-order valence-electron chi connectivity index (χ1n) is 4.71. The van der Waals surface area contributed by atoms with Crippen LogP contribution >= 0.6 is 11.3 Å². The van der Waals surface area contributed by atoms with Gasteiger partial charge in [0.05, 0.1) is 12.2 Å². The van der Waals surface area contributed by atoms with Crippen molar-refractivity contribution in [3.63, 3.8) is 0 Å². The summed E-state index contributed by atoms with van der Waals surface area (Å²) in [5.74, 6) is -1.00. The van der Waals surface area contributed by atoms with Crippen molar-refractivity contribution >= 4 is 23.0 Å². The van der Waals surface area contributed by atoms with Crippen molar-refractivity contribution in [1.82, 2.24) is 4.98 Å². The second kappa shape index (κ2) is 4.76. The molecule has 0 aliphatic heterocycles. The monoisotopic (exact) mass is 234 g/mol. The number of nitrogens with one attached hydrogen (secondary N) is 1. The van der Waals surface area contributed by atoms with Gasteiger partial charge < -0.3 is 10.4 Å². The largest absolute Gasteiger partial charge is 0.477 e. The summed E-state index contributed by atoms with van der Waals surface area (Å²) < 4.78 is 0. The van der Waals surface area contributed by atoms with E-state index >= 15 is 0 Å². The molecule has 16 heavy (non-hydrogen) atoms. The van der Waals surface area contributed by atoms with Crippen LogP contribution in [0.5, 0.6) is 0 Å². The molecular weight excluding hydrogens is 224 g/mol. The van der Waals surface area contributed by atoms with Crippen LogP contribution in [0.1, 0.15) is 16.2 Å². The van der Waals surface area contributed by atoms with Crippen LogP contribution in [0, 0.1) is 0 Å². The van der Waals surface area contributed by atoms with E-state index in [9.17, 15) is 4.79 Å². The molecule has 0 amide bonds. The quantitative estimate of drug-likeness (QED) is 0.853. The Hall–Kier alpha value is -1.88. The third-order valence-electron chi connectivity index (χ3n) is 2.02. The molecule has 2 aromatic heterocycles. The first kappa shape index (κ1) is 10.6. The molecule has 0 aromatic carbocycles. The predicted octanol–water partition coefficient (Wildman–Crippen LogP) is 2.45. The van der Waals surface area contributed by atoms with Gasteiger partial charge >= 0.3 is 5.97 Å². The molecule has 5 heteroatoms. The highest BCUT2D eigenvalue weighted by molar-refractivity contribution is 7.08. The average Bonchev–Trinajstić information content (AvgIpc) is 2.79. The summed E-state index contributed by atoms with van der Waals surface area (Å²) in [6.07, 6.45) is 0. The fourth-order valence-electron chi connectivity index (χ4n) is 1.25. The molecule has 82 valence electrons. The van der Waals surface area contributed by atoms with Crippen molar-refractivity contribution < 1.29 is 9.90 Å². The molecule has 0 bridgehead atoms. The summed E-state index contributed by atoms with van der Waals surface area (Å²) in [4.78, 5) is 14.7. The summed E-state index contributed by atoms with van der Waals surface area (Å²) in [5, 5.41) is 15.9. The van der Waals surface area contributed by atoms with Gasteiger partial charge in [-0.15, -0.1) is 0 Å². The van der Waals surface area contributed by atoms with Crippen LogP contribution in [0.3, 0.4) is 0 Å². The Morgan fingerprint density at radius 3 is 3.00 bits per heavy atom. The molecule has 2 heterocycles. The van der Waals surface area contributed by atoms with Gasteiger partial charge in [-0.3, -0.25) is 0 Å². The lowest BCUT2D eigenvalue weighted by molar-refractivity contribution is 0.0690. The van der Waals surface area contributed by atoms with Gasteiger partial charge in [-0.05, 0) is 23.6 Å². The van der Waals surface area contributed by atoms with E-state index in [2.05, 4.69) is 10.3 Å². The van der Waals surface area contributed by atoms with E-state index < -0.39 is 5.97 Å². The fourth-order valence-corrected chi connectivity index (χ4v) is 1.87. The Morgan fingerprint density at radius 2 is 2.31 bits per heavy atom. The highest BCUT2D eigenvalue weighted by Gasteiger charge is 2.04. The second-order valence-corrected chi connectivity index (χ2v) is 3.96. The number of pyridine rings is 1. The highest BCUT2D eigenvalue weighted by Crippen LogP contribution is 2.12. The predicted molar refractivity (Wildman–Crippen MR) is 62.8 cm³/mol. The van der Waals surface area contributed by atoms with Gasteiger partial charge in [0.1, 0.15) is 5.69 Å². The van der Waals surface area contributed by atoms with E-state index in [1.807, 2.05) is 16.8 Å². The van der Waals surface area contributed by atoms with Crippen LogP contribution in [0.15, 0.2) is 35.0 Å². The van der Waals surface area contributed by atoms with Crippen LogP contribution in [-0.4, -0.2) is 16.1 Å². The van der Waals surface area contributed by atoms with Crippen LogP contribution < -0.4 is 5.32 Å². The summed E-state index contributed by atoms with van der Waals surface area (Å²) in [5.41, 5.74) is 1.81. The van der Waals surface area contributed by atoms with E-state index in [1.165, 1.54) is 6.07 Å². The molecule has 2 N–H and O–H groups in total. The summed E-state index contributed by atoms with van der Waals surface area (Å²) >= 11 is 1.61. The third kappa shape index (κ3) is 2.58. The minimum absolute atomic E-state index is 0.0737. The minimum atomic E-state index is -1.00. The van der Waals surface area contributed by atoms with Gasteiger partial charge in [-0.2, -0.15) is 11.3 Å². The van der Waals surface area contributed by atoms with E-state index in [4.69, 9.17) is 5.11 Å². The molecule has 2 aromatic rings. The zero-order chi connectivity index (χ0) is 11.4. The number of hydrogen-bond acceptors (Lipinski definition) is 4. The third-order valence-corrected chi connectivity index (χ3v) is 2.70. The molecule has 2 rings (SSSR count). The zero-order valence-corrected chi connectivity index (χ0v) is 9.20. The molecule has 0 radical (unpaired) electrons. The number of carboxylic acid groups (broad SMARTS) is 1. The molecule has 0 atom stereocenters. The molecular formula is C11H10N2O2S. The Balaban J connectivity index is 2.04. The summed E-state index contributed by atoms with van der Waals surface area (Å²) in [7, 11) is 0. The SMILES string of the molecule is O=C(O)c1cccc(CNc2ccsc2)n1. The molecule has 0 saturated carbocycles. The maximum absolute atomic E-state index is 10.7. The maximum Gasteiger partial charge on any atom is 0.354 e. The average molecular weight is 234 g/mol. The normalized spacial score (nSPS) is 10.0. The number of carboxylic acids is 1. The molecule has 0 spiro atoms. The van der Waals surface area contributed by atoms with Gasteiger partial charge in [0.25, 0.3) is 0 Å². The number of thiophene rings is 1. The fraction of sp³-hybridized carbons (Fsp3) is 0.0909. The minimum Gasteiger partial charge on any atom is -0.477 e.